The molecule has 0 aromatic heterocycles. The number of fused-ring (bicyclic) bond motifs is 1. The minimum atomic E-state index is -3.06. The molecule has 0 radical (unpaired) electrons. The topological polar surface area (TPSA) is 71.5 Å². The van der Waals surface area contributed by atoms with E-state index < -0.39 is 21.5 Å². The van der Waals surface area contributed by atoms with Crippen molar-refractivity contribution in [3.8, 4) is 0 Å². The molecule has 20 heavy (non-hydrogen) atoms. The maximum atomic E-state index is 11.9. The van der Waals surface area contributed by atoms with Crippen LogP contribution in [0.4, 0.5) is 5.69 Å². The quantitative estimate of drug-likeness (QED) is 0.751. The van der Waals surface area contributed by atoms with Gasteiger partial charge in [-0.05, 0) is 34.5 Å². The number of hydrogen-bond donors (Lipinski definition) is 0. The fourth-order valence-corrected chi connectivity index (χ4v) is 3.50. The van der Waals surface area contributed by atoms with Crippen LogP contribution < -0.4 is 4.90 Å². The molecular weight excluding hydrogens is 346 g/mol. The highest BCUT2D eigenvalue weighted by Crippen LogP contribution is 2.34. The Morgan fingerprint density at radius 2 is 1.95 bits per heavy atom. The van der Waals surface area contributed by atoms with Gasteiger partial charge in [0.1, 0.15) is 9.84 Å². The SMILES string of the molecule is CCS(=O)(=O)CCCN1C(=O)C(=O)c2c(Br)cccc21. The Hall–Kier alpha value is -1.21. The van der Waals surface area contributed by atoms with Gasteiger partial charge in [-0.1, -0.05) is 13.0 Å². The van der Waals surface area contributed by atoms with E-state index in [-0.39, 0.29) is 18.1 Å². The zero-order chi connectivity index (χ0) is 14.9. The highest BCUT2D eigenvalue weighted by atomic mass is 79.9. The third-order valence-corrected chi connectivity index (χ3v) is 5.68. The standard InChI is InChI=1S/C13H14BrNO4S/c1-2-20(18,19)8-4-7-15-10-6-3-5-9(14)11(10)12(16)13(15)17/h3,5-6H,2,4,7-8H2,1H3. The van der Waals surface area contributed by atoms with Crippen LogP contribution in [-0.4, -0.2) is 38.2 Å². The number of halogens is 1. The lowest BCUT2D eigenvalue weighted by Crippen LogP contribution is -2.31. The van der Waals surface area contributed by atoms with Crippen LogP contribution in [0.5, 0.6) is 0 Å². The van der Waals surface area contributed by atoms with E-state index in [9.17, 15) is 18.0 Å². The van der Waals surface area contributed by atoms with Gasteiger partial charge in [-0.15, -0.1) is 0 Å². The van der Waals surface area contributed by atoms with E-state index in [0.29, 0.717) is 22.1 Å². The Labute approximate surface area is 126 Å². The highest BCUT2D eigenvalue weighted by Gasteiger charge is 2.36. The summed E-state index contributed by atoms with van der Waals surface area (Å²) in [6.07, 6.45) is 0.321. The van der Waals surface area contributed by atoms with Crippen LogP contribution in [0.25, 0.3) is 0 Å². The zero-order valence-electron chi connectivity index (χ0n) is 10.9. The van der Waals surface area contributed by atoms with Crippen molar-refractivity contribution >= 4 is 43.1 Å². The van der Waals surface area contributed by atoms with Gasteiger partial charge in [-0.3, -0.25) is 9.59 Å². The first-order chi connectivity index (χ1) is 9.37. The summed E-state index contributed by atoms with van der Waals surface area (Å²) in [5, 5.41) is 0. The highest BCUT2D eigenvalue weighted by molar-refractivity contribution is 9.10. The molecule has 108 valence electrons. The monoisotopic (exact) mass is 359 g/mol. The van der Waals surface area contributed by atoms with Crippen LogP contribution in [-0.2, 0) is 14.6 Å². The van der Waals surface area contributed by atoms with Crippen molar-refractivity contribution in [2.75, 3.05) is 23.0 Å². The number of sulfone groups is 1. The summed E-state index contributed by atoms with van der Waals surface area (Å²) in [5.74, 6) is -1.04. The lowest BCUT2D eigenvalue weighted by molar-refractivity contribution is -0.114. The minimum absolute atomic E-state index is 0.0187. The Morgan fingerprint density at radius 1 is 1.25 bits per heavy atom. The molecule has 0 bridgehead atoms. The Kier molecular flexibility index (Phi) is 4.29. The molecule has 1 amide bonds. The smallest absolute Gasteiger partial charge is 0.299 e. The number of anilines is 1. The maximum absolute atomic E-state index is 11.9. The summed E-state index contributed by atoms with van der Waals surface area (Å²) in [4.78, 5) is 25.2. The third-order valence-electron chi connectivity index (χ3n) is 3.23. The molecule has 1 aromatic carbocycles. The van der Waals surface area contributed by atoms with E-state index in [1.807, 2.05) is 0 Å². The molecular formula is C13H14BrNO4S. The number of carbonyl (C=O) groups is 2. The van der Waals surface area contributed by atoms with Gasteiger partial charge in [0.15, 0.2) is 0 Å². The lowest BCUT2D eigenvalue weighted by atomic mass is 10.1. The lowest BCUT2D eigenvalue weighted by Gasteiger charge is -2.16. The van der Waals surface area contributed by atoms with Gasteiger partial charge in [0.05, 0.1) is 17.0 Å². The molecule has 1 heterocycles. The van der Waals surface area contributed by atoms with Crippen molar-refractivity contribution in [3.05, 3.63) is 28.2 Å². The molecule has 0 N–H and O–H groups in total. The number of amides is 1. The molecule has 0 saturated carbocycles. The van der Waals surface area contributed by atoms with Gasteiger partial charge >= 0.3 is 0 Å². The second-order valence-corrected chi connectivity index (χ2v) is 7.84. The maximum Gasteiger partial charge on any atom is 0.299 e. The number of benzene rings is 1. The second-order valence-electron chi connectivity index (χ2n) is 4.51. The molecule has 0 saturated heterocycles. The number of ketones is 1. The number of carbonyl (C=O) groups excluding carboxylic acids is 2. The molecule has 0 atom stereocenters. The summed E-state index contributed by atoms with van der Waals surface area (Å²) >= 11 is 3.26. The minimum Gasteiger partial charge on any atom is -0.305 e. The van der Waals surface area contributed by atoms with E-state index >= 15 is 0 Å². The van der Waals surface area contributed by atoms with Gasteiger partial charge < -0.3 is 4.90 Å². The van der Waals surface area contributed by atoms with Crippen molar-refractivity contribution in [3.63, 3.8) is 0 Å². The van der Waals surface area contributed by atoms with Crippen LogP contribution in [0.3, 0.4) is 0 Å². The largest absolute Gasteiger partial charge is 0.305 e. The average molecular weight is 360 g/mol. The number of hydrogen-bond acceptors (Lipinski definition) is 4. The molecule has 5 nitrogen and oxygen atoms in total. The van der Waals surface area contributed by atoms with E-state index in [1.165, 1.54) is 4.90 Å². The summed E-state index contributed by atoms with van der Waals surface area (Å²) in [5.41, 5.74) is 0.902. The molecule has 1 aliphatic heterocycles. The van der Waals surface area contributed by atoms with E-state index in [4.69, 9.17) is 0 Å². The molecule has 7 heteroatoms. The van der Waals surface area contributed by atoms with Gasteiger partial charge in [0, 0.05) is 16.8 Å². The zero-order valence-corrected chi connectivity index (χ0v) is 13.3. The van der Waals surface area contributed by atoms with Crippen molar-refractivity contribution in [1.82, 2.24) is 0 Å². The van der Waals surface area contributed by atoms with Crippen LogP contribution in [0.15, 0.2) is 22.7 Å². The molecule has 0 fully saturated rings. The fourth-order valence-electron chi connectivity index (χ4n) is 2.11. The van der Waals surface area contributed by atoms with Crippen molar-refractivity contribution < 1.29 is 18.0 Å². The summed E-state index contributed by atoms with van der Waals surface area (Å²) in [7, 11) is -3.06. The summed E-state index contributed by atoms with van der Waals surface area (Å²) < 4.78 is 23.5. The van der Waals surface area contributed by atoms with E-state index in [0.717, 1.165) is 0 Å². The fraction of sp³-hybridized carbons (Fsp3) is 0.385. The Bertz CT molecular complexity index is 669. The van der Waals surface area contributed by atoms with E-state index in [2.05, 4.69) is 15.9 Å². The molecule has 1 aliphatic rings. The first-order valence-electron chi connectivity index (χ1n) is 6.22. The number of Topliss-reactive ketones (excluding diaryl/α,β-unsaturated/α-hetero) is 1. The first-order valence-corrected chi connectivity index (χ1v) is 8.84. The Morgan fingerprint density at radius 3 is 2.60 bits per heavy atom. The normalized spacial score (nSPS) is 14.8. The molecule has 0 spiro atoms. The van der Waals surface area contributed by atoms with Crippen LogP contribution in [0.1, 0.15) is 23.7 Å². The number of nitrogens with zero attached hydrogens (tertiary/aromatic N) is 1. The number of rotatable bonds is 5. The van der Waals surface area contributed by atoms with Crippen molar-refractivity contribution in [2.45, 2.75) is 13.3 Å². The average Bonchev–Trinajstić information content (AvgIpc) is 2.65. The molecule has 0 unspecified atom stereocenters. The third kappa shape index (κ3) is 2.78. The predicted molar refractivity (Wildman–Crippen MR) is 79.8 cm³/mol. The predicted octanol–water partition coefficient (Wildman–Crippen LogP) is 1.80. The Balaban J connectivity index is 2.17. The van der Waals surface area contributed by atoms with E-state index in [1.54, 1.807) is 25.1 Å². The first kappa shape index (κ1) is 15.2. The molecule has 2 rings (SSSR count). The molecule has 1 aromatic rings. The summed E-state index contributed by atoms with van der Waals surface area (Å²) in [6, 6.07) is 5.14. The van der Waals surface area contributed by atoms with Gasteiger partial charge in [-0.2, -0.15) is 0 Å². The van der Waals surface area contributed by atoms with Crippen LogP contribution in [0, 0.1) is 0 Å². The molecule has 0 aliphatic carbocycles. The van der Waals surface area contributed by atoms with Crippen molar-refractivity contribution in [1.29, 1.82) is 0 Å². The van der Waals surface area contributed by atoms with Crippen LogP contribution >= 0.6 is 15.9 Å². The van der Waals surface area contributed by atoms with Gasteiger partial charge in [0.25, 0.3) is 11.7 Å². The van der Waals surface area contributed by atoms with Crippen LogP contribution in [0.2, 0.25) is 0 Å². The van der Waals surface area contributed by atoms with Crippen molar-refractivity contribution in [2.24, 2.45) is 0 Å². The second kappa shape index (κ2) is 5.65. The van der Waals surface area contributed by atoms with Gasteiger partial charge in [0.2, 0.25) is 0 Å². The summed E-state index contributed by atoms with van der Waals surface area (Å²) in [6.45, 7) is 1.82. The van der Waals surface area contributed by atoms with Gasteiger partial charge in [-0.25, -0.2) is 8.42 Å².